The van der Waals surface area contributed by atoms with Crippen LogP contribution in [0.4, 0.5) is 0 Å². The van der Waals surface area contributed by atoms with E-state index >= 15 is 0 Å². The molecule has 0 aliphatic heterocycles. The number of allylic oxidation sites excluding steroid dienone is 2. The first kappa shape index (κ1) is 33.7. The number of benzene rings is 4. The Balaban J connectivity index is 1.19. The van der Waals surface area contributed by atoms with Crippen molar-refractivity contribution in [1.29, 1.82) is 0 Å². The second kappa shape index (κ2) is 13.0. The van der Waals surface area contributed by atoms with Gasteiger partial charge in [0.15, 0.2) is 0 Å². The van der Waals surface area contributed by atoms with Crippen LogP contribution in [0.2, 0.25) is 0 Å². The van der Waals surface area contributed by atoms with Gasteiger partial charge in [-0.05, 0) is 105 Å². The van der Waals surface area contributed by atoms with Crippen LogP contribution in [0.25, 0.3) is 33.3 Å². The van der Waals surface area contributed by atoms with E-state index in [2.05, 4.69) is 168 Å². The van der Waals surface area contributed by atoms with Gasteiger partial charge in [0, 0.05) is 52.2 Å². The van der Waals surface area contributed by atoms with Crippen LogP contribution in [0.3, 0.4) is 0 Å². The summed E-state index contributed by atoms with van der Waals surface area (Å²) in [6.45, 7) is 18.0. The van der Waals surface area contributed by atoms with E-state index in [1.165, 1.54) is 44.3 Å². The molecule has 0 saturated carbocycles. The number of rotatable bonds is 6. The maximum atomic E-state index is 6.79. The third-order valence-corrected chi connectivity index (χ3v) is 11.0. The average molecular weight is 685 g/mol. The van der Waals surface area contributed by atoms with Gasteiger partial charge in [-0.15, -0.1) is 0 Å². The van der Waals surface area contributed by atoms with Gasteiger partial charge >= 0.3 is 0 Å². The fourth-order valence-corrected chi connectivity index (χ4v) is 8.51. The number of pyridine rings is 1. The number of nitrogens with zero attached hydrogens (tertiary/aromatic N) is 4. The van der Waals surface area contributed by atoms with E-state index in [1.54, 1.807) is 0 Å². The van der Waals surface area contributed by atoms with Gasteiger partial charge in [-0.25, -0.2) is 9.67 Å². The Morgan fingerprint density at radius 1 is 0.750 bits per heavy atom. The van der Waals surface area contributed by atoms with E-state index in [4.69, 9.17) is 14.8 Å². The van der Waals surface area contributed by atoms with Crippen LogP contribution in [-0.2, 0) is 5.41 Å². The predicted molar refractivity (Wildman–Crippen MR) is 215 cm³/mol. The van der Waals surface area contributed by atoms with Crippen molar-refractivity contribution >= 4 is 21.8 Å². The standard InChI is InChI=1S/C47H48N4O/c1-29-20-21-48-44(22-29)50-42-17-13-12-16-40(42)41-19-18-38(28-43(41)50)52-39-26-36(47(6,7)8)25-37(27-39)51-33(5)46(32(4)49-51)45-30(2)23-35(24-31(45)3)34-14-10-9-11-15-34/h9-23,25-28,31,35,45H,24H2,1-8H3/t31-,35+,45+/m0/s1. The Labute approximate surface area is 307 Å². The van der Waals surface area contributed by atoms with Gasteiger partial charge in [0.05, 0.1) is 22.4 Å². The topological polar surface area (TPSA) is 44.9 Å². The summed E-state index contributed by atoms with van der Waals surface area (Å²) >= 11 is 0. The van der Waals surface area contributed by atoms with Gasteiger partial charge in [0.25, 0.3) is 0 Å². The molecule has 3 atom stereocenters. The summed E-state index contributed by atoms with van der Waals surface area (Å²) in [7, 11) is 0. The largest absolute Gasteiger partial charge is 0.457 e. The molecular weight excluding hydrogens is 637 g/mol. The molecule has 3 aromatic heterocycles. The second-order valence-corrected chi connectivity index (χ2v) is 15.9. The average Bonchev–Trinajstić information content (AvgIpc) is 3.60. The van der Waals surface area contributed by atoms with Crippen LogP contribution >= 0.6 is 0 Å². The lowest BCUT2D eigenvalue weighted by molar-refractivity contribution is 0.420. The van der Waals surface area contributed by atoms with Crippen LogP contribution < -0.4 is 4.74 Å². The highest BCUT2D eigenvalue weighted by molar-refractivity contribution is 6.09. The minimum absolute atomic E-state index is 0.0933. The Bertz CT molecular complexity index is 2480. The molecule has 52 heavy (non-hydrogen) atoms. The molecule has 5 heteroatoms. The van der Waals surface area contributed by atoms with Crippen LogP contribution in [0.15, 0.2) is 121 Å². The fourth-order valence-electron chi connectivity index (χ4n) is 8.51. The first-order valence-electron chi connectivity index (χ1n) is 18.6. The summed E-state index contributed by atoms with van der Waals surface area (Å²) in [5.74, 6) is 3.73. The normalized spacial score (nSPS) is 17.8. The Morgan fingerprint density at radius 3 is 2.25 bits per heavy atom. The highest BCUT2D eigenvalue weighted by Crippen LogP contribution is 2.46. The molecule has 8 rings (SSSR count). The first-order chi connectivity index (χ1) is 25.0. The summed E-state index contributed by atoms with van der Waals surface area (Å²) in [5.41, 5.74) is 11.9. The Kier molecular flexibility index (Phi) is 8.41. The number of hydrogen-bond acceptors (Lipinski definition) is 3. The maximum absolute atomic E-state index is 6.79. The van der Waals surface area contributed by atoms with Crippen LogP contribution in [-0.4, -0.2) is 19.3 Å². The number of ether oxygens (including phenoxy) is 1. The van der Waals surface area contributed by atoms with Crippen molar-refractivity contribution in [2.75, 3.05) is 0 Å². The minimum atomic E-state index is -0.0933. The van der Waals surface area contributed by atoms with Crippen molar-refractivity contribution in [1.82, 2.24) is 19.3 Å². The third-order valence-electron chi connectivity index (χ3n) is 11.0. The van der Waals surface area contributed by atoms with E-state index in [0.717, 1.165) is 46.2 Å². The Hall–Kier alpha value is -5.42. The van der Waals surface area contributed by atoms with Crippen molar-refractivity contribution in [2.45, 2.75) is 79.1 Å². The van der Waals surface area contributed by atoms with Crippen LogP contribution in [0.5, 0.6) is 11.5 Å². The molecule has 0 fully saturated rings. The lowest BCUT2D eigenvalue weighted by atomic mass is 9.70. The van der Waals surface area contributed by atoms with Gasteiger partial charge in [-0.1, -0.05) is 87.9 Å². The summed E-state index contributed by atoms with van der Waals surface area (Å²) in [6.07, 6.45) is 5.49. The monoisotopic (exact) mass is 684 g/mol. The maximum Gasteiger partial charge on any atom is 0.137 e. The SMILES string of the molecule is CC1=C[C@@H](c2ccccc2)C[C@H](C)[C@@H]1c1c(C)nn(-c2cc(Oc3ccc4c5ccccc5n(-c5cc(C)ccn5)c4c3)cc(C(C)(C)C)c2)c1C. The summed E-state index contributed by atoms with van der Waals surface area (Å²) in [5, 5.41) is 7.57. The lowest BCUT2D eigenvalue weighted by Crippen LogP contribution is -2.20. The zero-order valence-corrected chi connectivity index (χ0v) is 31.6. The molecule has 5 nitrogen and oxygen atoms in total. The van der Waals surface area contributed by atoms with Crippen molar-refractivity contribution in [3.8, 4) is 23.0 Å². The third kappa shape index (κ3) is 6.02. The zero-order chi connectivity index (χ0) is 36.3. The van der Waals surface area contributed by atoms with Crippen LogP contribution in [0.1, 0.15) is 86.5 Å². The molecule has 3 heterocycles. The predicted octanol–water partition coefficient (Wildman–Crippen LogP) is 12.2. The van der Waals surface area contributed by atoms with Crippen molar-refractivity contribution < 1.29 is 4.74 Å². The minimum Gasteiger partial charge on any atom is -0.457 e. The lowest BCUT2D eigenvalue weighted by Gasteiger charge is -2.34. The van der Waals surface area contributed by atoms with Gasteiger partial charge in [0.2, 0.25) is 0 Å². The molecule has 0 saturated heterocycles. The quantitative estimate of drug-likeness (QED) is 0.164. The molecule has 0 spiro atoms. The number of para-hydroxylation sites is 1. The van der Waals surface area contributed by atoms with E-state index in [-0.39, 0.29) is 5.41 Å². The van der Waals surface area contributed by atoms with Crippen molar-refractivity contribution in [2.24, 2.45) is 5.92 Å². The van der Waals surface area contributed by atoms with E-state index < -0.39 is 0 Å². The number of aryl methyl sites for hydroxylation is 2. The van der Waals surface area contributed by atoms with Crippen molar-refractivity contribution in [3.05, 3.63) is 155 Å². The smallest absolute Gasteiger partial charge is 0.137 e. The van der Waals surface area contributed by atoms with Gasteiger partial charge in [-0.3, -0.25) is 4.57 Å². The van der Waals surface area contributed by atoms with Crippen LogP contribution in [0, 0.1) is 26.7 Å². The molecule has 262 valence electrons. The molecule has 0 unspecified atom stereocenters. The summed E-state index contributed by atoms with van der Waals surface area (Å²) < 4.78 is 11.2. The zero-order valence-electron chi connectivity index (χ0n) is 31.6. The highest BCUT2D eigenvalue weighted by atomic mass is 16.5. The summed E-state index contributed by atoms with van der Waals surface area (Å²) in [4.78, 5) is 4.77. The molecule has 0 N–H and O–H groups in total. The number of fused-ring (bicyclic) bond motifs is 3. The van der Waals surface area contributed by atoms with E-state index in [1.807, 2.05) is 12.3 Å². The second-order valence-electron chi connectivity index (χ2n) is 15.9. The van der Waals surface area contributed by atoms with Gasteiger partial charge in [0.1, 0.15) is 17.3 Å². The number of hydrogen-bond donors (Lipinski definition) is 0. The van der Waals surface area contributed by atoms with Crippen molar-refractivity contribution in [3.63, 3.8) is 0 Å². The van der Waals surface area contributed by atoms with Gasteiger partial charge in [-0.2, -0.15) is 5.10 Å². The molecule has 7 aromatic rings. The molecular formula is C47H48N4O. The molecule has 1 aliphatic carbocycles. The molecule has 1 aliphatic rings. The fraction of sp³-hybridized carbons (Fsp3) is 0.277. The van der Waals surface area contributed by atoms with E-state index in [9.17, 15) is 0 Å². The molecule has 0 amide bonds. The van der Waals surface area contributed by atoms with E-state index in [0.29, 0.717) is 17.8 Å². The highest BCUT2D eigenvalue weighted by Gasteiger charge is 2.33. The first-order valence-corrected chi connectivity index (χ1v) is 18.6. The summed E-state index contributed by atoms with van der Waals surface area (Å²) in [6, 6.07) is 36.6. The molecule has 0 bridgehead atoms. The molecule has 4 aromatic carbocycles. The Morgan fingerprint density at radius 2 is 1.50 bits per heavy atom. The van der Waals surface area contributed by atoms with Gasteiger partial charge < -0.3 is 4.74 Å². The number of aromatic nitrogens is 4. The molecule has 0 radical (unpaired) electrons.